The van der Waals surface area contributed by atoms with Crippen molar-refractivity contribution in [2.24, 2.45) is 0 Å². The van der Waals surface area contributed by atoms with Crippen LogP contribution in [0.3, 0.4) is 0 Å². The molecule has 0 radical (unpaired) electrons. The number of benzene rings is 1. The average Bonchev–Trinajstić information content (AvgIpc) is 1.96. The van der Waals surface area contributed by atoms with Gasteiger partial charge in [0.2, 0.25) is 0 Å². The molecule has 48 valence electrons. The second-order valence-electron chi connectivity index (χ2n) is 1.96. The Morgan fingerprint density at radius 2 is 1.20 bits per heavy atom. The summed E-state index contributed by atoms with van der Waals surface area (Å²) in [7, 11) is 0. The van der Waals surface area contributed by atoms with Gasteiger partial charge in [0.1, 0.15) is 0 Å². The molecule has 0 spiro atoms. The Labute approximate surface area is 61.2 Å². The van der Waals surface area contributed by atoms with Crippen molar-refractivity contribution >= 4 is 12.2 Å². The molecule has 0 nitrogen and oxygen atoms in total. The van der Waals surface area contributed by atoms with E-state index in [1.807, 2.05) is 0 Å². The molecule has 0 aromatic heterocycles. The Morgan fingerprint density at radius 3 is 1.40 bits per heavy atom. The molecule has 0 aliphatic heterocycles. The van der Waals surface area contributed by atoms with E-state index in [1.54, 1.807) is 0 Å². The van der Waals surface area contributed by atoms with Gasteiger partial charge < -0.3 is 0 Å². The first-order valence-electron chi connectivity index (χ1n) is 3.07. The highest BCUT2D eigenvalue weighted by molar-refractivity contribution is 5.85. The van der Waals surface area contributed by atoms with E-state index in [2.05, 4.69) is 49.3 Å². The van der Waals surface area contributed by atoms with Crippen LogP contribution in [0.15, 0.2) is 24.3 Å². The molecule has 0 unspecified atom stereocenters. The van der Waals surface area contributed by atoms with Gasteiger partial charge in [0.15, 0.2) is 0 Å². The van der Waals surface area contributed by atoms with Gasteiger partial charge in [-0.3, -0.25) is 0 Å². The molecule has 0 atom stereocenters. The van der Waals surface area contributed by atoms with Crippen molar-refractivity contribution in [1.29, 1.82) is 0 Å². The Morgan fingerprint density at radius 1 is 0.800 bits per heavy atom. The van der Waals surface area contributed by atoms with Gasteiger partial charge in [-0.25, -0.2) is 0 Å². The monoisotopic (exact) mass is 128 g/mol. The maximum Gasteiger partial charge on any atom is -0.0184 e. The standard InChI is InChI=1S/C8H6.C2H2/c1-2-4-8-6-5-7(8)3-1;1-2/h1-6H;1-2H. The lowest BCUT2D eigenvalue weighted by molar-refractivity contribution is 1.58. The van der Waals surface area contributed by atoms with Crippen LogP contribution in [-0.2, 0) is 0 Å². The molecular weight excluding hydrogens is 120 g/mol. The van der Waals surface area contributed by atoms with E-state index in [0.29, 0.717) is 0 Å². The molecular formula is C10H8. The molecule has 1 aromatic carbocycles. The molecule has 0 heteroatoms. The maximum atomic E-state index is 4.00. The van der Waals surface area contributed by atoms with Gasteiger partial charge in [-0.2, -0.15) is 0 Å². The molecule has 0 fully saturated rings. The first-order valence-corrected chi connectivity index (χ1v) is 3.07. The van der Waals surface area contributed by atoms with Gasteiger partial charge in [0, 0.05) is 0 Å². The van der Waals surface area contributed by atoms with Crippen molar-refractivity contribution in [3.63, 3.8) is 0 Å². The van der Waals surface area contributed by atoms with Gasteiger partial charge in [-0.15, -0.1) is 12.8 Å². The summed E-state index contributed by atoms with van der Waals surface area (Å²) in [6.07, 6.45) is 12.2. The third-order valence-corrected chi connectivity index (χ3v) is 1.44. The zero-order chi connectivity index (χ0) is 7.40. The number of terminal acetylenes is 1. The fourth-order valence-electron chi connectivity index (χ4n) is 0.898. The molecule has 0 saturated carbocycles. The maximum absolute atomic E-state index is 4.00. The molecule has 0 saturated heterocycles. The van der Waals surface area contributed by atoms with Crippen LogP contribution in [-0.4, -0.2) is 0 Å². The molecule has 1 aliphatic rings. The zero-order valence-electron chi connectivity index (χ0n) is 5.62. The minimum absolute atomic E-state index is 1.37. The van der Waals surface area contributed by atoms with E-state index in [1.165, 1.54) is 11.1 Å². The minimum Gasteiger partial charge on any atom is -0.124 e. The minimum atomic E-state index is 1.37. The Kier molecular flexibility index (Phi) is 1.92. The molecule has 10 heavy (non-hydrogen) atoms. The SMILES string of the molecule is C#C.C1=Cc2ccccc21. The van der Waals surface area contributed by atoms with Crippen molar-refractivity contribution in [2.75, 3.05) is 0 Å². The molecule has 1 aliphatic carbocycles. The Hall–Kier alpha value is -1.48. The van der Waals surface area contributed by atoms with E-state index in [0.717, 1.165) is 0 Å². The largest absolute Gasteiger partial charge is 0.124 e. The molecule has 1 aromatic rings. The van der Waals surface area contributed by atoms with Crippen molar-refractivity contribution in [1.82, 2.24) is 0 Å². The molecule has 0 N–H and O–H groups in total. The number of fused-ring (bicyclic) bond motifs is 1. The van der Waals surface area contributed by atoms with E-state index >= 15 is 0 Å². The van der Waals surface area contributed by atoms with Crippen LogP contribution in [0.1, 0.15) is 11.1 Å². The van der Waals surface area contributed by atoms with Crippen LogP contribution in [0.5, 0.6) is 0 Å². The molecule has 0 heterocycles. The highest BCUT2D eigenvalue weighted by Crippen LogP contribution is 2.21. The topological polar surface area (TPSA) is 0 Å². The third kappa shape index (κ3) is 0.942. The quantitative estimate of drug-likeness (QED) is 0.478. The van der Waals surface area contributed by atoms with Gasteiger partial charge in [-0.1, -0.05) is 36.4 Å². The lowest BCUT2D eigenvalue weighted by Gasteiger charge is -2.06. The second kappa shape index (κ2) is 2.89. The summed E-state index contributed by atoms with van der Waals surface area (Å²) in [6.45, 7) is 0. The van der Waals surface area contributed by atoms with E-state index in [9.17, 15) is 0 Å². The lowest BCUT2D eigenvalue weighted by Crippen LogP contribution is -1.85. The van der Waals surface area contributed by atoms with Gasteiger partial charge in [0.25, 0.3) is 0 Å². The summed E-state index contributed by atoms with van der Waals surface area (Å²) < 4.78 is 0. The van der Waals surface area contributed by atoms with Crippen molar-refractivity contribution in [2.45, 2.75) is 0 Å². The predicted molar refractivity (Wildman–Crippen MR) is 45.3 cm³/mol. The summed E-state index contributed by atoms with van der Waals surface area (Å²) >= 11 is 0. The summed E-state index contributed by atoms with van der Waals surface area (Å²) in [5, 5.41) is 0. The van der Waals surface area contributed by atoms with Gasteiger partial charge >= 0.3 is 0 Å². The predicted octanol–water partition coefficient (Wildman–Crippen LogP) is 2.42. The fourth-order valence-corrected chi connectivity index (χ4v) is 0.898. The smallest absolute Gasteiger partial charge is 0.0184 e. The summed E-state index contributed by atoms with van der Waals surface area (Å²) in [5.74, 6) is 0. The summed E-state index contributed by atoms with van der Waals surface area (Å²) in [4.78, 5) is 0. The van der Waals surface area contributed by atoms with Crippen LogP contribution in [0, 0.1) is 12.8 Å². The lowest BCUT2D eigenvalue weighted by atomic mass is 9.99. The highest BCUT2D eigenvalue weighted by atomic mass is 14.0. The average molecular weight is 128 g/mol. The van der Waals surface area contributed by atoms with Crippen molar-refractivity contribution in [3.05, 3.63) is 35.4 Å². The molecule has 2 rings (SSSR count). The van der Waals surface area contributed by atoms with E-state index in [4.69, 9.17) is 0 Å². The van der Waals surface area contributed by atoms with Crippen LogP contribution < -0.4 is 0 Å². The number of rotatable bonds is 0. The van der Waals surface area contributed by atoms with Crippen molar-refractivity contribution in [3.8, 4) is 12.8 Å². The van der Waals surface area contributed by atoms with Gasteiger partial charge in [0.05, 0.1) is 0 Å². The van der Waals surface area contributed by atoms with Crippen LogP contribution in [0.4, 0.5) is 0 Å². The van der Waals surface area contributed by atoms with Crippen LogP contribution in [0.25, 0.3) is 12.2 Å². The third-order valence-electron chi connectivity index (χ3n) is 1.44. The molecule has 0 amide bonds. The Bertz CT molecular complexity index is 241. The number of hydrogen-bond acceptors (Lipinski definition) is 0. The Balaban J connectivity index is 0.000000231. The van der Waals surface area contributed by atoms with Crippen molar-refractivity contribution < 1.29 is 0 Å². The fraction of sp³-hybridized carbons (Fsp3) is 0. The second-order valence-corrected chi connectivity index (χ2v) is 1.96. The first-order chi connectivity index (χ1) is 4.97. The normalized spacial score (nSPS) is 10.2. The van der Waals surface area contributed by atoms with Crippen LogP contribution >= 0.6 is 0 Å². The van der Waals surface area contributed by atoms with Gasteiger partial charge in [-0.05, 0) is 11.1 Å². The van der Waals surface area contributed by atoms with Crippen LogP contribution in [0.2, 0.25) is 0 Å². The first kappa shape index (κ1) is 6.64. The van der Waals surface area contributed by atoms with E-state index in [-0.39, 0.29) is 0 Å². The molecule has 0 bridgehead atoms. The zero-order valence-corrected chi connectivity index (χ0v) is 5.62. The number of hydrogen-bond donors (Lipinski definition) is 0. The summed E-state index contributed by atoms with van der Waals surface area (Å²) in [5.41, 5.74) is 2.74. The van der Waals surface area contributed by atoms with E-state index < -0.39 is 0 Å². The highest BCUT2D eigenvalue weighted by Gasteiger charge is 1.99. The summed E-state index contributed by atoms with van der Waals surface area (Å²) in [6, 6.07) is 8.36.